The minimum Gasteiger partial charge on any atom is -0.494 e. The Morgan fingerprint density at radius 2 is 2.05 bits per heavy atom. The van der Waals surface area contributed by atoms with Crippen molar-refractivity contribution in [3.05, 3.63) is 29.3 Å². The standard InChI is InChI=1S/C17H24O3/c1-13-12-15(9-10-16(13)17(18)19)20-11-5-8-14-6-3-2-4-7-14/h9-10,12,14H,2-8,11H2,1H3,(H,18,19). The van der Waals surface area contributed by atoms with Gasteiger partial charge in [-0.05, 0) is 49.4 Å². The highest BCUT2D eigenvalue weighted by molar-refractivity contribution is 5.89. The first-order valence-corrected chi connectivity index (χ1v) is 7.63. The Morgan fingerprint density at radius 1 is 1.30 bits per heavy atom. The molecule has 0 spiro atoms. The van der Waals surface area contributed by atoms with Crippen LogP contribution in [0.1, 0.15) is 60.9 Å². The highest BCUT2D eigenvalue weighted by Gasteiger charge is 2.13. The predicted octanol–water partition coefficient (Wildman–Crippen LogP) is 4.43. The van der Waals surface area contributed by atoms with Crippen molar-refractivity contribution in [2.75, 3.05) is 6.61 Å². The van der Waals surface area contributed by atoms with Gasteiger partial charge in [-0.2, -0.15) is 0 Å². The molecule has 20 heavy (non-hydrogen) atoms. The van der Waals surface area contributed by atoms with Crippen LogP contribution >= 0.6 is 0 Å². The van der Waals surface area contributed by atoms with Gasteiger partial charge in [0.25, 0.3) is 0 Å². The molecule has 0 aliphatic heterocycles. The normalized spacial score (nSPS) is 16.1. The van der Waals surface area contributed by atoms with E-state index in [2.05, 4.69) is 0 Å². The van der Waals surface area contributed by atoms with Crippen LogP contribution in [0, 0.1) is 12.8 Å². The molecule has 1 aromatic rings. The van der Waals surface area contributed by atoms with Crippen LogP contribution in [0.3, 0.4) is 0 Å². The third kappa shape index (κ3) is 4.26. The second kappa shape index (κ2) is 7.32. The van der Waals surface area contributed by atoms with E-state index in [-0.39, 0.29) is 0 Å². The van der Waals surface area contributed by atoms with Gasteiger partial charge in [0.2, 0.25) is 0 Å². The van der Waals surface area contributed by atoms with Crippen LogP contribution in [0.25, 0.3) is 0 Å². The van der Waals surface area contributed by atoms with Crippen molar-refractivity contribution in [1.82, 2.24) is 0 Å². The Hall–Kier alpha value is -1.51. The van der Waals surface area contributed by atoms with Crippen LogP contribution in [0.15, 0.2) is 18.2 Å². The molecule has 0 bridgehead atoms. The Morgan fingerprint density at radius 3 is 2.70 bits per heavy atom. The van der Waals surface area contributed by atoms with E-state index < -0.39 is 5.97 Å². The molecule has 3 heteroatoms. The van der Waals surface area contributed by atoms with Crippen molar-refractivity contribution in [2.45, 2.75) is 51.9 Å². The van der Waals surface area contributed by atoms with Crippen LogP contribution in [0.5, 0.6) is 5.75 Å². The highest BCUT2D eigenvalue weighted by Crippen LogP contribution is 2.27. The van der Waals surface area contributed by atoms with Gasteiger partial charge in [-0.1, -0.05) is 32.1 Å². The van der Waals surface area contributed by atoms with Gasteiger partial charge in [-0.15, -0.1) is 0 Å². The molecule has 1 saturated carbocycles. The lowest BCUT2D eigenvalue weighted by molar-refractivity contribution is 0.0696. The maximum Gasteiger partial charge on any atom is 0.335 e. The number of benzene rings is 1. The van der Waals surface area contributed by atoms with Gasteiger partial charge in [0, 0.05) is 0 Å². The van der Waals surface area contributed by atoms with E-state index in [1.54, 1.807) is 19.1 Å². The average Bonchev–Trinajstić information content (AvgIpc) is 2.44. The van der Waals surface area contributed by atoms with Crippen LogP contribution in [-0.2, 0) is 0 Å². The molecule has 0 unspecified atom stereocenters. The first-order chi connectivity index (χ1) is 9.66. The van der Waals surface area contributed by atoms with Gasteiger partial charge in [-0.25, -0.2) is 4.79 Å². The second-order valence-electron chi connectivity index (χ2n) is 5.78. The molecule has 1 aliphatic rings. The van der Waals surface area contributed by atoms with Crippen molar-refractivity contribution in [1.29, 1.82) is 0 Å². The number of aryl methyl sites for hydroxylation is 1. The zero-order valence-corrected chi connectivity index (χ0v) is 12.2. The number of hydrogen-bond acceptors (Lipinski definition) is 2. The van der Waals surface area contributed by atoms with E-state index in [0.29, 0.717) is 5.56 Å². The lowest BCUT2D eigenvalue weighted by atomic mass is 9.86. The van der Waals surface area contributed by atoms with E-state index in [1.165, 1.54) is 38.5 Å². The lowest BCUT2D eigenvalue weighted by Crippen LogP contribution is -2.08. The third-order valence-corrected chi connectivity index (χ3v) is 4.18. The van der Waals surface area contributed by atoms with Gasteiger partial charge < -0.3 is 9.84 Å². The fourth-order valence-electron chi connectivity index (χ4n) is 3.00. The first-order valence-electron chi connectivity index (χ1n) is 7.63. The molecule has 3 nitrogen and oxygen atoms in total. The molecule has 0 heterocycles. The van der Waals surface area contributed by atoms with E-state index in [0.717, 1.165) is 30.3 Å². The Balaban J connectivity index is 1.73. The minimum atomic E-state index is -0.883. The Bertz CT molecular complexity index is 448. The molecule has 0 atom stereocenters. The summed E-state index contributed by atoms with van der Waals surface area (Å²) in [5.41, 5.74) is 1.10. The smallest absolute Gasteiger partial charge is 0.335 e. The third-order valence-electron chi connectivity index (χ3n) is 4.18. The van der Waals surface area contributed by atoms with E-state index in [9.17, 15) is 4.79 Å². The maximum absolute atomic E-state index is 10.9. The summed E-state index contributed by atoms with van der Waals surface area (Å²) in [6.07, 6.45) is 9.29. The molecule has 1 fully saturated rings. The van der Waals surface area contributed by atoms with Gasteiger partial charge in [-0.3, -0.25) is 0 Å². The molecule has 0 radical (unpaired) electrons. The van der Waals surface area contributed by atoms with Crippen LogP contribution in [0.2, 0.25) is 0 Å². The van der Waals surface area contributed by atoms with Gasteiger partial charge in [0.1, 0.15) is 5.75 Å². The van der Waals surface area contributed by atoms with Crippen molar-refractivity contribution in [2.24, 2.45) is 5.92 Å². The summed E-state index contributed by atoms with van der Waals surface area (Å²) in [5, 5.41) is 8.97. The van der Waals surface area contributed by atoms with Crippen LogP contribution in [0.4, 0.5) is 0 Å². The largest absolute Gasteiger partial charge is 0.494 e. The first kappa shape index (κ1) is 14.9. The molecule has 2 rings (SSSR count). The Labute approximate surface area is 121 Å². The zero-order valence-electron chi connectivity index (χ0n) is 12.2. The fourth-order valence-corrected chi connectivity index (χ4v) is 3.00. The number of carbonyl (C=O) groups is 1. The summed E-state index contributed by atoms with van der Waals surface area (Å²) in [6, 6.07) is 5.18. The summed E-state index contributed by atoms with van der Waals surface area (Å²) in [5.74, 6) is 0.783. The number of carboxylic acid groups (broad SMARTS) is 1. The number of aromatic carboxylic acids is 1. The molecule has 110 valence electrons. The second-order valence-corrected chi connectivity index (χ2v) is 5.78. The van der Waals surface area contributed by atoms with Gasteiger partial charge >= 0.3 is 5.97 Å². The molecule has 1 N–H and O–H groups in total. The SMILES string of the molecule is Cc1cc(OCCCC2CCCCC2)ccc1C(=O)O. The molecule has 0 saturated heterocycles. The molecule has 0 aromatic heterocycles. The van der Waals surface area contributed by atoms with Crippen molar-refractivity contribution in [3.63, 3.8) is 0 Å². The number of rotatable bonds is 6. The predicted molar refractivity (Wildman–Crippen MR) is 79.4 cm³/mol. The zero-order chi connectivity index (χ0) is 14.4. The summed E-state index contributed by atoms with van der Waals surface area (Å²) >= 11 is 0. The van der Waals surface area contributed by atoms with Gasteiger partial charge in [0.15, 0.2) is 0 Å². The van der Waals surface area contributed by atoms with Crippen LogP contribution < -0.4 is 4.74 Å². The van der Waals surface area contributed by atoms with Crippen molar-refractivity contribution < 1.29 is 14.6 Å². The number of carboxylic acids is 1. The van der Waals surface area contributed by atoms with Crippen molar-refractivity contribution in [3.8, 4) is 5.75 Å². The lowest BCUT2D eigenvalue weighted by Gasteiger charge is -2.21. The van der Waals surface area contributed by atoms with Crippen LogP contribution in [-0.4, -0.2) is 17.7 Å². The molecule has 1 aliphatic carbocycles. The highest BCUT2D eigenvalue weighted by atomic mass is 16.5. The minimum absolute atomic E-state index is 0.347. The maximum atomic E-state index is 10.9. The molecular weight excluding hydrogens is 252 g/mol. The molecule has 0 amide bonds. The van der Waals surface area contributed by atoms with E-state index in [1.807, 2.05) is 6.07 Å². The average molecular weight is 276 g/mol. The summed E-state index contributed by atoms with van der Waals surface area (Å²) in [6.45, 7) is 2.53. The molecular formula is C17H24O3. The monoisotopic (exact) mass is 276 g/mol. The van der Waals surface area contributed by atoms with E-state index >= 15 is 0 Å². The summed E-state index contributed by atoms with van der Waals surface area (Å²) < 4.78 is 5.72. The Kier molecular flexibility index (Phi) is 5.45. The van der Waals surface area contributed by atoms with Gasteiger partial charge in [0.05, 0.1) is 12.2 Å². The van der Waals surface area contributed by atoms with Crippen molar-refractivity contribution >= 4 is 5.97 Å². The molecule has 1 aromatic carbocycles. The number of ether oxygens (including phenoxy) is 1. The topological polar surface area (TPSA) is 46.5 Å². The summed E-state index contributed by atoms with van der Waals surface area (Å²) in [7, 11) is 0. The summed E-state index contributed by atoms with van der Waals surface area (Å²) in [4.78, 5) is 10.9. The quantitative estimate of drug-likeness (QED) is 0.782. The van der Waals surface area contributed by atoms with E-state index in [4.69, 9.17) is 9.84 Å². The number of hydrogen-bond donors (Lipinski definition) is 1. The fraction of sp³-hybridized carbons (Fsp3) is 0.588.